The third-order valence-corrected chi connectivity index (χ3v) is 4.23. The Morgan fingerprint density at radius 3 is 2.38 bits per heavy atom. The maximum absolute atomic E-state index is 12.6. The Morgan fingerprint density at radius 1 is 0.969 bits per heavy atom. The summed E-state index contributed by atoms with van der Waals surface area (Å²) in [4.78, 5) is 4.56. The normalized spacial score (nSPS) is 10.9. The predicted molar refractivity (Wildman–Crippen MR) is 131 cm³/mol. The molecule has 0 unspecified atom stereocenters. The average Bonchev–Trinajstić information content (AvgIpc) is 2.77. The lowest BCUT2D eigenvalue weighted by Gasteiger charge is -2.15. The first kappa shape index (κ1) is 27.5. The smallest absolute Gasteiger partial charge is 0.387 e. The van der Waals surface area contributed by atoms with E-state index in [0.717, 1.165) is 11.1 Å². The number of rotatable bonds is 11. The van der Waals surface area contributed by atoms with Crippen LogP contribution >= 0.6 is 24.0 Å². The molecule has 178 valence electrons. The Balaban J connectivity index is 0.00000512. The largest absolute Gasteiger partial charge is 0.497 e. The van der Waals surface area contributed by atoms with Crippen molar-refractivity contribution in [2.45, 2.75) is 33.5 Å². The molecular formula is C22H30F2IN3O4. The molecule has 10 heteroatoms. The SMILES string of the molecule is CCNC(=NCc1ccc(OC(F)F)c(OCC)c1)NCc1ccc(OC)cc1OC.I. The van der Waals surface area contributed by atoms with Crippen molar-refractivity contribution in [2.75, 3.05) is 27.4 Å². The van der Waals surface area contributed by atoms with Crippen molar-refractivity contribution in [2.24, 2.45) is 4.99 Å². The van der Waals surface area contributed by atoms with Crippen molar-refractivity contribution in [3.8, 4) is 23.0 Å². The Kier molecular flexibility index (Phi) is 12.5. The molecule has 0 bridgehead atoms. The van der Waals surface area contributed by atoms with Crippen molar-refractivity contribution in [1.82, 2.24) is 10.6 Å². The van der Waals surface area contributed by atoms with Gasteiger partial charge in [-0.25, -0.2) is 4.99 Å². The molecule has 0 aliphatic rings. The zero-order chi connectivity index (χ0) is 22.6. The van der Waals surface area contributed by atoms with Crippen molar-refractivity contribution in [3.63, 3.8) is 0 Å². The van der Waals surface area contributed by atoms with Gasteiger partial charge < -0.3 is 29.6 Å². The number of aliphatic imine (C=N–C) groups is 1. The summed E-state index contributed by atoms with van der Waals surface area (Å²) in [5, 5.41) is 6.44. The quantitative estimate of drug-likeness (QED) is 0.236. The fourth-order valence-corrected chi connectivity index (χ4v) is 2.80. The summed E-state index contributed by atoms with van der Waals surface area (Å²) in [6.45, 7) is 2.65. The Labute approximate surface area is 204 Å². The fraction of sp³-hybridized carbons (Fsp3) is 0.409. The van der Waals surface area contributed by atoms with E-state index in [1.165, 1.54) is 6.07 Å². The van der Waals surface area contributed by atoms with Gasteiger partial charge in [0.05, 0.1) is 27.4 Å². The van der Waals surface area contributed by atoms with Crippen LogP contribution in [-0.2, 0) is 13.1 Å². The summed E-state index contributed by atoms with van der Waals surface area (Å²) in [5.41, 5.74) is 1.74. The molecule has 0 aliphatic carbocycles. The van der Waals surface area contributed by atoms with Crippen LogP contribution in [0, 0.1) is 0 Å². The van der Waals surface area contributed by atoms with Crippen molar-refractivity contribution in [3.05, 3.63) is 47.5 Å². The van der Waals surface area contributed by atoms with Gasteiger partial charge in [-0.05, 0) is 43.7 Å². The highest BCUT2D eigenvalue weighted by Gasteiger charge is 2.12. The van der Waals surface area contributed by atoms with Gasteiger partial charge >= 0.3 is 6.61 Å². The molecule has 0 spiro atoms. The number of methoxy groups -OCH3 is 2. The maximum atomic E-state index is 12.6. The molecule has 0 aromatic heterocycles. The van der Waals surface area contributed by atoms with E-state index in [9.17, 15) is 8.78 Å². The van der Waals surface area contributed by atoms with Crippen molar-refractivity contribution in [1.29, 1.82) is 0 Å². The summed E-state index contributed by atoms with van der Waals surface area (Å²) < 4.78 is 45.7. The van der Waals surface area contributed by atoms with Crippen LogP contribution in [0.25, 0.3) is 0 Å². The summed E-state index contributed by atoms with van der Waals surface area (Å²) in [7, 11) is 3.21. The second-order valence-corrected chi connectivity index (χ2v) is 6.32. The molecule has 0 radical (unpaired) electrons. The molecule has 0 atom stereocenters. The van der Waals surface area contributed by atoms with Crippen LogP contribution in [0.2, 0.25) is 0 Å². The number of nitrogens with one attached hydrogen (secondary N) is 2. The topological polar surface area (TPSA) is 73.3 Å². The Hall–Kier alpha value is -2.50. The molecule has 0 saturated heterocycles. The molecule has 0 saturated carbocycles. The van der Waals surface area contributed by atoms with Crippen LogP contribution < -0.4 is 29.6 Å². The van der Waals surface area contributed by atoms with E-state index >= 15 is 0 Å². The van der Waals surface area contributed by atoms with Gasteiger partial charge in [-0.15, -0.1) is 24.0 Å². The minimum Gasteiger partial charge on any atom is -0.497 e. The molecule has 2 aromatic carbocycles. The maximum Gasteiger partial charge on any atom is 0.387 e. The lowest BCUT2D eigenvalue weighted by Crippen LogP contribution is -2.36. The fourth-order valence-electron chi connectivity index (χ4n) is 2.80. The first-order valence-corrected chi connectivity index (χ1v) is 9.94. The van der Waals surface area contributed by atoms with Gasteiger partial charge in [0.15, 0.2) is 17.5 Å². The van der Waals surface area contributed by atoms with E-state index in [1.807, 2.05) is 25.1 Å². The summed E-state index contributed by atoms with van der Waals surface area (Å²) in [5.74, 6) is 2.29. The second kappa shape index (κ2) is 14.5. The van der Waals surface area contributed by atoms with Crippen LogP contribution in [0.5, 0.6) is 23.0 Å². The molecule has 0 amide bonds. The number of hydrogen-bond acceptors (Lipinski definition) is 5. The standard InChI is InChI=1S/C22H29F2N3O4.HI/c1-5-25-22(27-14-16-8-9-17(28-3)12-19(16)29-4)26-13-15-7-10-18(31-21(23)24)20(11-15)30-6-2;/h7-12,21H,5-6,13-14H2,1-4H3,(H2,25,26,27);1H. The van der Waals surface area contributed by atoms with Crippen LogP contribution in [-0.4, -0.2) is 39.9 Å². The van der Waals surface area contributed by atoms with E-state index < -0.39 is 6.61 Å². The van der Waals surface area contributed by atoms with Gasteiger partial charge in [-0.3, -0.25) is 0 Å². The van der Waals surface area contributed by atoms with Gasteiger partial charge in [-0.1, -0.05) is 6.07 Å². The van der Waals surface area contributed by atoms with Gasteiger partial charge in [-0.2, -0.15) is 8.78 Å². The molecule has 0 fully saturated rings. The van der Waals surface area contributed by atoms with E-state index in [0.29, 0.717) is 43.7 Å². The molecule has 2 aromatic rings. The number of hydrogen-bond donors (Lipinski definition) is 2. The van der Waals surface area contributed by atoms with Crippen LogP contribution in [0.3, 0.4) is 0 Å². The average molecular weight is 565 g/mol. The lowest BCUT2D eigenvalue weighted by atomic mass is 10.2. The molecule has 2 rings (SSSR count). The number of alkyl halides is 2. The highest BCUT2D eigenvalue weighted by Crippen LogP contribution is 2.30. The van der Waals surface area contributed by atoms with E-state index in [2.05, 4.69) is 20.4 Å². The Morgan fingerprint density at radius 2 is 1.75 bits per heavy atom. The van der Waals surface area contributed by atoms with Crippen LogP contribution in [0.15, 0.2) is 41.4 Å². The van der Waals surface area contributed by atoms with Crippen molar-refractivity contribution >= 4 is 29.9 Å². The first-order chi connectivity index (χ1) is 15.0. The lowest BCUT2D eigenvalue weighted by molar-refractivity contribution is -0.0514. The zero-order valence-corrected chi connectivity index (χ0v) is 20.9. The minimum absolute atomic E-state index is 0. The molecule has 0 heterocycles. The third-order valence-electron chi connectivity index (χ3n) is 4.23. The molecular weight excluding hydrogens is 535 g/mol. The highest BCUT2D eigenvalue weighted by molar-refractivity contribution is 14.0. The first-order valence-electron chi connectivity index (χ1n) is 9.94. The van der Waals surface area contributed by atoms with E-state index in [-0.39, 0.29) is 35.5 Å². The number of halogens is 3. The van der Waals surface area contributed by atoms with E-state index in [1.54, 1.807) is 33.3 Å². The molecule has 0 aliphatic heterocycles. The minimum atomic E-state index is -2.91. The summed E-state index contributed by atoms with van der Waals surface area (Å²) >= 11 is 0. The van der Waals surface area contributed by atoms with Crippen molar-refractivity contribution < 1.29 is 27.7 Å². The number of nitrogens with zero attached hydrogens (tertiary/aromatic N) is 1. The summed E-state index contributed by atoms with van der Waals surface area (Å²) in [6.07, 6.45) is 0. The number of benzene rings is 2. The predicted octanol–water partition coefficient (Wildman–Crippen LogP) is 4.58. The Bertz CT molecular complexity index is 869. The third kappa shape index (κ3) is 8.56. The molecule has 7 nitrogen and oxygen atoms in total. The monoisotopic (exact) mass is 565 g/mol. The van der Waals surface area contributed by atoms with Crippen LogP contribution in [0.4, 0.5) is 8.78 Å². The number of ether oxygens (including phenoxy) is 4. The van der Waals surface area contributed by atoms with Gasteiger partial charge in [0.2, 0.25) is 0 Å². The van der Waals surface area contributed by atoms with Crippen LogP contribution in [0.1, 0.15) is 25.0 Å². The van der Waals surface area contributed by atoms with E-state index in [4.69, 9.17) is 14.2 Å². The second-order valence-electron chi connectivity index (χ2n) is 6.32. The van der Waals surface area contributed by atoms with Gasteiger partial charge in [0, 0.05) is 24.7 Å². The zero-order valence-electron chi connectivity index (χ0n) is 18.6. The summed E-state index contributed by atoms with van der Waals surface area (Å²) in [6, 6.07) is 10.4. The van der Waals surface area contributed by atoms with Gasteiger partial charge in [0.25, 0.3) is 0 Å². The number of guanidine groups is 1. The molecule has 2 N–H and O–H groups in total. The van der Waals surface area contributed by atoms with Gasteiger partial charge in [0.1, 0.15) is 11.5 Å². The highest BCUT2D eigenvalue weighted by atomic mass is 127. The molecule has 32 heavy (non-hydrogen) atoms.